The van der Waals surface area contributed by atoms with Crippen molar-refractivity contribution in [2.75, 3.05) is 20.0 Å². The Hall–Kier alpha value is -0.780. The summed E-state index contributed by atoms with van der Waals surface area (Å²) < 4.78 is 36.6. The van der Waals surface area contributed by atoms with Crippen molar-refractivity contribution in [2.45, 2.75) is 37.6 Å². The highest BCUT2D eigenvalue weighted by Crippen LogP contribution is 2.22. The molecule has 1 rings (SSSR count). The van der Waals surface area contributed by atoms with Crippen LogP contribution in [-0.2, 0) is 28.6 Å². The highest BCUT2D eigenvalue weighted by atomic mass is 32.2. The van der Waals surface area contributed by atoms with E-state index in [1.165, 1.54) is 14.0 Å². The largest absolute Gasteiger partial charge is 0.388 e. The highest BCUT2D eigenvalue weighted by Gasteiger charge is 2.45. The van der Waals surface area contributed by atoms with Gasteiger partial charge in [-0.2, -0.15) is 8.42 Å². The van der Waals surface area contributed by atoms with E-state index in [1.54, 1.807) is 0 Å². The van der Waals surface area contributed by atoms with Gasteiger partial charge in [0.1, 0.15) is 24.4 Å². The van der Waals surface area contributed by atoms with Crippen LogP contribution in [0.3, 0.4) is 0 Å². The molecule has 0 aromatic rings. The Morgan fingerprint density at radius 1 is 1.35 bits per heavy atom. The van der Waals surface area contributed by atoms with Crippen LogP contribution in [0, 0.1) is 0 Å². The van der Waals surface area contributed by atoms with Crippen LogP contribution in [0.15, 0.2) is 0 Å². The highest BCUT2D eigenvalue weighted by molar-refractivity contribution is 7.85. The molecule has 10 heteroatoms. The zero-order chi connectivity index (χ0) is 15.5. The van der Waals surface area contributed by atoms with Crippen LogP contribution in [0.2, 0.25) is 0 Å². The summed E-state index contributed by atoms with van der Waals surface area (Å²) in [5, 5.41) is 22.2. The summed E-state index contributed by atoms with van der Waals surface area (Å²) >= 11 is 0. The number of amides is 1. The fourth-order valence-corrected chi connectivity index (χ4v) is 2.23. The number of rotatable bonds is 5. The van der Waals surface area contributed by atoms with Crippen molar-refractivity contribution in [3.8, 4) is 0 Å². The molecule has 0 aliphatic carbocycles. The van der Waals surface area contributed by atoms with Crippen LogP contribution >= 0.6 is 0 Å². The molecular formula is C10H19NO8S. The molecule has 0 aromatic heterocycles. The molecule has 3 N–H and O–H groups in total. The van der Waals surface area contributed by atoms with Crippen molar-refractivity contribution < 1.29 is 37.1 Å². The first-order valence-electron chi connectivity index (χ1n) is 5.81. The number of aliphatic hydroxyl groups is 2. The predicted octanol–water partition coefficient (Wildman–Crippen LogP) is -2.44. The number of carbonyl (C=O) groups is 1. The average Bonchev–Trinajstić information content (AvgIpc) is 2.32. The Bertz CT molecular complexity index is 437. The zero-order valence-corrected chi connectivity index (χ0v) is 12.2. The summed E-state index contributed by atoms with van der Waals surface area (Å²) in [4.78, 5) is 11.0. The van der Waals surface area contributed by atoms with E-state index in [1.807, 2.05) is 0 Å². The molecule has 0 aromatic carbocycles. The minimum atomic E-state index is -3.70. The average molecular weight is 313 g/mol. The molecule has 1 heterocycles. The molecular weight excluding hydrogens is 294 g/mol. The number of methoxy groups -OCH3 is 1. The first kappa shape index (κ1) is 17.3. The molecule has 20 heavy (non-hydrogen) atoms. The van der Waals surface area contributed by atoms with Crippen LogP contribution < -0.4 is 5.32 Å². The van der Waals surface area contributed by atoms with Gasteiger partial charge in [0.15, 0.2) is 6.29 Å². The Morgan fingerprint density at radius 3 is 2.40 bits per heavy atom. The van der Waals surface area contributed by atoms with Gasteiger partial charge in [0.2, 0.25) is 5.91 Å². The van der Waals surface area contributed by atoms with Crippen molar-refractivity contribution >= 4 is 16.0 Å². The monoisotopic (exact) mass is 313 g/mol. The van der Waals surface area contributed by atoms with Gasteiger partial charge >= 0.3 is 0 Å². The second-order valence-corrected chi connectivity index (χ2v) is 6.12. The number of carbonyl (C=O) groups excluding carboxylic acids is 1. The molecule has 1 aliphatic heterocycles. The van der Waals surface area contributed by atoms with E-state index in [0.29, 0.717) is 0 Å². The molecule has 1 aliphatic rings. The topological polar surface area (TPSA) is 131 Å². The molecule has 118 valence electrons. The van der Waals surface area contributed by atoms with Crippen LogP contribution in [0.4, 0.5) is 0 Å². The molecule has 0 bridgehead atoms. The normalized spacial score (nSPS) is 34.8. The first-order chi connectivity index (χ1) is 9.15. The van der Waals surface area contributed by atoms with Crippen LogP contribution in [0.25, 0.3) is 0 Å². The Kier molecular flexibility index (Phi) is 5.86. The maximum Gasteiger partial charge on any atom is 0.264 e. The minimum absolute atomic E-state index is 0.433. The van der Waals surface area contributed by atoms with Gasteiger partial charge in [-0.05, 0) is 0 Å². The lowest BCUT2D eigenvalue weighted by molar-refractivity contribution is -0.261. The van der Waals surface area contributed by atoms with E-state index < -0.39 is 53.3 Å². The summed E-state index contributed by atoms with van der Waals surface area (Å²) in [5.74, 6) is -0.433. The fourth-order valence-electron chi connectivity index (χ4n) is 1.85. The molecule has 1 fully saturated rings. The van der Waals surface area contributed by atoms with Crippen LogP contribution in [-0.4, -0.2) is 75.2 Å². The van der Waals surface area contributed by atoms with Crippen molar-refractivity contribution in [3.05, 3.63) is 0 Å². The summed E-state index contributed by atoms with van der Waals surface area (Å²) in [6, 6.07) is -0.970. The van der Waals surface area contributed by atoms with E-state index in [4.69, 9.17) is 9.47 Å². The van der Waals surface area contributed by atoms with Crippen molar-refractivity contribution in [1.82, 2.24) is 5.32 Å². The third-order valence-corrected chi connectivity index (χ3v) is 3.31. The number of hydrogen-bond donors (Lipinski definition) is 3. The number of ether oxygens (including phenoxy) is 2. The van der Waals surface area contributed by atoms with E-state index in [9.17, 15) is 23.4 Å². The lowest BCUT2D eigenvalue weighted by Crippen LogP contribution is -2.64. The van der Waals surface area contributed by atoms with Crippen molar-refractivity contribution in [2.24, 2.45) is 0 Å². The molecule has 5 atom stereocenters. The van der Waals surface area contributed by atoms with Gasteiger partial charge in [0, 0.05) is 14.0 Å². The molecule has 1 amide bonds. The summed E-state index contributed by atoms with van der Waals surface area (Å²) in [7, 11) is -2.41. The lowest BCUT2D eigenvalue weighted by atomic mass is 9.97. The van der Waals surface area contributed by atoms with Gasteiger partial charge in [-0.3, -0.25) is 8.98 Å². The van der Waals surface area contributed by atoms with Crippen molar-refractivity contribution in [3.63, 3.8) is 0 Å². The minimum Gasteiger partial charge on any atom is -0.388 e. The van der Waals surface area contributed by atoms with Crippen LogP contribution in [0.1, 0.15) is 6.92 Å². The maximum absolute atomic E-state index is 11.0. The molecule has 1 saturated heterocycles. The Balaban J connectivity index is 2.77. The van der Waals surface area contributed by atoms with E-state index in [2.05, 4.69) is 9.50 Å². The van der Waals surface area contributed by atoms with E-state index in [-0.39, 0.29) is 0 Å². The van der Waals surface area contributed by atoms with Crippen LogP contribution in [0.5, 0.6) is 0 Å². The maximum atomic E-state index is 11.0. The molecule has 0 unspecified atom stereocenters. The van der Waals surface area contributed by atoms with E-state index >= 15 is 0 Å². The third-order valence-electron chi connectivity index (χ3n) is 2.75. The summed E-state index contributed by atoms with van der Waals surface area (Å²) in [6.07, 6.45) is -4.10. The lowest BCUT2D eigenvalue weighted by Gasteiger charge is -2.41. The molecule has 0 spiro atoms. The Labute approximate surface area is 116 Å². The zero-order valence-electron chi connectivity index (χ0n) is 11.3. The smallest absolute Gasteiger partial charge is 0.264 e. The summed E-state index contributed by atoms with van der Waals surface area (Å²) in [6.45, 7) is 0.772. The summed E-state index contributed by atoms with van der Waals surface area (Å²) in [5.41, 5.74) is 0. The van der Waals surface area contributed by atoms with Gasteiger partial charge in [-0.15, -0.1) is 0 Å². The molecule has 9 nitrogen and oxygen atoms in total. The second-order valence-electron chi connectivity index (χ2n) is 4.47. The SMILES string of the molecule is CO[C@H]1O[C@H](COS(C)(=O)=O)[C@@H](O)[C@H](O)[C@@H]1NC(C)=O. The van der Waals surface area contributed by atoms with E-state index in [0.717, 1.165) is 6.26 Å². The fraction of sp³-hybridized carbons (Fsp3) is 0.900. The second kappa shape index (κ2) is 6.78. The Morgan fingerprint density at radius 2 is 1.95 bits per heavy atom. The van der Waals surface area contributed by atoms with Gasteiger partial charge in [-0.25, -0.2) is 0 Å². The number of aliphatic hydroxyl groups excluding tert-OH is 2. The van der Waals surface area contributed by atoms with Gasteiger partial charge in [-0.1, -0.05) is 0 Å². The molecule has 0 saturated carbocycles. The quantitative estimate of drug-likeness (QED) is 0.477. The number of nitrogens with one attached hydrogen (secondary N) is 1. The van der Waals surface area contributed by atoms with Gasteiger partial charge in [0.05, 0.1) is 12.9 Å². The number of hydrogen-bond acceptors (Lipinski definition) is 8. The van der Waals surface area contributed by atoms with Crippen molar-refractivity contribution in [1.29, 1.82) is 0 Å². The van der Waals surface area contributed by atoms with Gasteiger partial charge < -0.3 is 25.0 Å². The first-order valence-corrected chi connectivity index (χ1v) is 7.63. The third kappa shape index (κ3) is 4.65. The standard InChI is InChI=1S/C10H19NO8S/c1-5(12)11-7-9(14)8(13)6(19-10(7)17-2)4-18-20(3,15)16/h6-10,13-14H,4H2,1-3H3,(H,11,12)/t6-,7+,8-,9-,10+/m1/s1. The molecule has 0 radical (unpaired) electrons. The predicted molar refractivity (Wildman–Crippen MR) is 66.1 cm³/mol. The van der Waals surface area contributed by atoms with Gasteiger partial charge in [0.25, 0.3) is 10.1 Å².